The highest BCUT2D eigenvalue weighted by molar-refractivity contribution is 5.84. The molecule has 0 bridgehead atoms. The van der Waals surface area contributed by atoms with Crippen molar-refractivity contribution in [2.45, 2.75) is 6.92 Å². The molecule has 0 spiro atoms. The Morgan fingerprint density at radius 3 is 2.67 bits per heavy atom. The molecule has 0 aliphatic rings. The van der Waals surface area contributed by atoms with E-state index in [0.717, 1.165) is 11.1 Å². The van der Waals surface area contributed by atoms with Crippen LogP contribution in [-0.2, 0) is 0 Å². The highest BCUT2D eigenvalue weighted by Crippen LogP contribution is 2.11. The van der Waals surface area contributed by atoms with Crippen molar-refractivity contribution in [3.05, 3.63) is 42.0 Å². The molecule has 0 saturated heterocycles. The Kier molecular flexibility index (Phi) is 4.09. The summed E-state index contributed by atoms with van der Waals surface area (Å²) in [5.41, 5.74) is 9.13. The molecule has 1 aromatic carbocycles. The summed E-state index contributed by atoms with van der Waals surface area (Å²) >= 11 is 0. The van der Waals surface area contributed by atoms with Gasteiger partial charge in [-0.1, -0.05) is 30.3 Å². The Hall–Kier alpha value is -2.10. The molecule has 0 atom stereocenters. The number of rotatable bonds is 3. The lowest BCUT2D eigenvalue weighted by molar-refractivity contribution is 0.249. The Bertz CT molecular complexity index is 382. The summed E-state index contributed by atoms with van der Waals surface area (Å²) < 4.78 is 0. The maximum absolute atomic E-state index is 10.3. The van der Waals surface area contributed by atoms with Crippen molar-refractivity contribution in [2.75, 3.05) is 0 Å². The summed E-state index contributed by atoms with van der Waals surface area (Å²) in [4.78, 5) is 10.3. The fourth-order valence-electron chi connectivity index (χ4n) is 1.05. The quantitative estimate of drug-likeness (QED) is 0.570. The van der Waals surface area contributed by atoms with Crippen LogP contribution < -0.4 is 11.2 Å². The number of nitrogens with one attached hydrogen (secondary N) is 1. The molecule has 2 amide bonds. The Balaban J connectivity index is 2.61. The molecule has 0 saturated carbocycles. The van der Waals surface area contributed by atoms with Gasteiger partial charge in [0.25, 0.3) is 0 Å². The Morgan fingerprint density at radius 2 is 2.07 bits per heavy atom. The molecule has 0 aliphatic carbocycles. The number of urea groups is 1. The molecule has 0 unspecified atom stereocenters. The summed E-state index contributed by atoms with van der Waals surface area (Å²) in [7, 11) is 0. The average molecular weight is 203 g/mol. The largest absolute Gasteiger partial charge is 0.350 e. The number of carbonyl (C=O) groups excluding carboxylic acids is 1. The number of nitrogens with zero attached hydrogens (tertiary/aromatic N) is 1. The molecule has 1 rings (SSSR count). The van der Waals surface area contributed by atoms with E-state index in [1.807, 2.05) is 37.3 Å². The van der Waals surface area contributed by atoms with E-state index in [-0.39, 0.29) is 0 Å². The first-order chi connectivity index (χ1) is 7.20. The second-order valence-corrected chi connectivity index (χ2v) is 2.97. The minimum Gasteiger partial charge on any atom is -0.350 e. The number of allylic oxidation sites excluding steroid dienone is 2. The van der Waals surface area contributed by atoms with Gasteiger partial charge in [-0.15, -0.1) is 0 Å². The minimum atomic E-state index is -0.669. The number of hydrazone groups is 1. The van der Waals surface area contributed by atoms with Gasteiger partial charge >= 0.3 is 6.03 Å². The van der Waals surface area contributed by atoms with Crippen molar-refractivity contribution >= 4 is 17.8 Å². The first kappa shape index (κ1) is 11.0. The van der Waals surface area contributed by atoms with E-state index in [1.165, 1.54) is 6.21 Å². The van der Waals surface area contributed by atoms with E-state index in [9.17, 15) is 4.79 Å². The summed E-state index contributed by atoms with van der Waals surface area (Å²) in [6.07, 6.45) is 3.29. The van der Waals surface area contributed by atoms with Crippen molar-refractivity contribution in [3.63, 3.8) is 0 Å². The number of hydrogen-bond acceptors (Lipinski definition) is 2. The zero-order chi connectivity index (χ0) is 11.1. The highest BCUT2D eigenvalue weighted by Gasteiger charge is 1.91. The molecule has 1 aromatic rings. The van der Waals surface area contributed by atoms with Gasteiger partial charge in [0.15, 0.2) is 0 Å². The standard InChI is InChI=1S/C11H13N3O/c1-9(7-8-13-14-11(12)15)10-5-3-2-4-6-10/h2-8H,1H3,(H3,12,14,15)/b9-7+,13-8+. The van der Waals surface area contributed by atoms with Crippen LogP contribution in [0.4, 0.5) is 4.79 Å². The molecule has 15 heavy (non-hydrogen) atoms. The van der Waals surface area contributed by atoms with Gasteiger partial charge in [-0.05, 0) is 24.1 Å². The van der Waals surface area contributed by atoms with Crippen LogP contribution in [0.25, 0.3) is 5.57 Å². The molecule has 4 nitrogen and oxygen atoms in total. The molecular weight excluding hydrogens is 190 g/mol. The van der Waals surface area contributed by atoms with Crippen LogP contribution in [0, 0.1) is 0 Å². The third-order valence-corrected chi connectivity index (χ3v) is 1.80. The van der Waals surface area contributed by atoms with E-state index in [1.54, 1.807) is 6.08 Å². The van der Waals surface area contributed by atoms with Crippen molar-refractivity contribution < 1.29 is 4.79 Å². The number of hydrogen-bond donors (Lipinski definition) is 2. The van der Waals surface area contributed by atoms with Gasteiger partial charge in [-0.2, -0.15) is 5.10 Å². The maximum atomic E-state index is 10.3. The number of nitrogens with two attached hydrogens (primary N) is 1. The van der Waals surface area contributed by atoms with Crippen LogP contribution in [0.5, 0.6) is 0 Å². The molecule has 0 fully saturated rings. The van der Waals surface area contributed by atoms with Crippen LogP contribution >= 0.6 is 0 Å². The second-order valence-electron chi connectivity index (χ2n) is 2.97. The van der Waals surface area contributed by atoms with Crippen molar-refractivity contribution in [2.24, 2.45) is 10.8 Å². The summed E-state index contributed by atoms with van der Waals surface area (Å²) in [5.74, 6) is 0. The second kappa shape index (κ2) is 5.59. The molecular formula is C11H13N3O. The van der Waals surface area contributed by atoms with Gasteiger partial charge < -0.3 is 5.73 Å². The van der Waals surface area contributed by atoms with Crippen LogP contribution in [0.2, 0.25) is 0 Å². The average Bonchev–Trinajstić information content (AvgIpc) is 2.25. The first-order valence-electron chi connectivity index (χ1n) is 4.51. The van der Waals surface area contributed by atoms with Gasteiger partial charge in [0.2, 0.25) is 0 Å². The normalized spacial score (nSPS) is 11.7. The lowest BCUT2D eigenvalue weighted by Crippen LogP contribution is -2.24. The number of carbonyl (C=O) groups is 1. The number of amides is 2. The first-order valence-corrected chi connectivity index (χ1v) is 4.51. The Labute approximate surface area is 88.5 Å². The molecule has 4 heteroatoms. The van der Waals surface area contributed by atoms with Crippen molar-refractivity contribution in [3.8, 4) is 0 Å². The van der Waals surface area contributed by atoms with Gasteiger partial charge in [-0.25, -0.2) is 10.2 Å². The van der Waals surface area contributed by atoms with E-state index in [4.69, 9.17) is 5.73 Å². The van der Waals surface area contributed by atoms with E-state index >= 15 is 0 Å². The summed E-state index contributed by atoms with van der Waals surface area (Å²) in [5, 5.41) is 3.61. The van der Waals surface area contributed by atoms with Gasteiger partial charge in [0, 0.05) is 6.21 Å². The predicted octanol–water partition coefficient (Wildman–Crippen LogP) is 1.74. The van der Waals surface area contributed by atoms with Crippen LogP contribution in [0.3, 0.4) is 0 Å². The maximum Gasteiger partial charge on any atom is 0.332 e. The molecule has 0 aliphatic heterocycles. The monoisotopic (exact) mass is 203 g/mol. The van der Waals surface area contributed by atoms with Gasteiger partial charge in [0.1, 0.15) is 0 Å². The van der Waals surface area contributed by atoms with Gasteiger partial charge in [0.05, 0.1) is 0 Å². The van der Waals surface area contributed by atoms with Crippen LogP contribution in [0.1, 0.15) is 12.5 Å². The van der Waals surface area contributed by atoms with E-state index in [0.29, 0.717) is 0 Å². The fraction of sp³-hybridized carbons (Fsp3) is 0.0909. The zero-order valence-corrected chi connectivity index (χ0v) is 8.47. The van der Waals surface area contributed by atoms with Crippen molar-refractivity contribution in [1.29, 1.82) is 0 Å². The lowest BCUT2D eigenvalue weighted by Gasteiger charge is -1.98. The number of benzene rings is 1. The molecule has 0 aromatic heterocycles. The number of primary amides is 1. The summed E-state index contributed by atoms with van der Waals surface area (Å²) in [6.45, 7) is 1.96. The van der Waals surface area contributed by atoms with Crippen LogP contribution in [-0.4, -0.2) is 12.2 Å². The minimum absolute atomic E-state index is 0.669. The molecule has 0 radical (unpaired) electrons. The molecule has 3 N–H and O–H groups in total. The van der Waals surface area contributed by atoms with E-state index < -0.39 is 6.03 Å². The van der Waals surface area contributed by atoms with E-state index in [2.05, 4.69) is 10.5 Å². The predicted molar refractivity (Wildman–Crippen MR) is 61.3 cm³/mol. The zero-order valence-electron chi connectivity index (χ0n) is 8.47. The topological polar surface area (TPSA) is 67.5 Å². The third kappa shape index (κ3) is 4.08. The molecule has 78 valence electrons. The third-order valence-electron chi connectivity index (χ3n) is 1.80. The SMILES string of the molecule is C/C(=C\C=N\NC(N)=O)c1ccccc1. The van der Waals surface area contributed by atoms with Crippen LogP contribution in [0.15, 0.2) is 41.5 Å². The summed E-state index contributed by atoms with van der Waals surface area (Å²) in [6, 6.07) is 9.22. The fourth-order valence-corrected chi connectivity index (χ4v) is 1.05. The lowest BCUT2D eigenvalue weighted by atomic mass is 10.1. The van der Waals surface area contributed by atoms with Crippen molar-refractivity contribution in [1.82, 2.24) is 5.43 Å². The van der Waals surface area contributed by atoms with Gasteiger partial charge in [-0.3, -0.25) is 0 Å². The highest BCUT2D eigenvalue weighted by atomic mass is 16.2. The smallest absolute Gasteiger partial charge is 0.332 e. The Morgan fingerprint density at radius 1 is 1.40 bits per heavy atom. The molecule has 0 heterocycles.